The number of Topliss-reactive ketones (excluding diaryl/α,β-unsaturated/α-hetero) is 1. The second-order valence-corrected chi connectivity index (χ2v) is 13.0. The lowest BCUT2D eigenvalue weighted by atomic mass is 9.75. The van der Waals surface area contributed by atoms with Gasteiger partial charge in [-0.25, -0.2) is 0 Å². The van der Waals surface area contributed by atoms with Gasteiger partial charge in [0.1, 0.15) is 11.8 Å². The molecule has 0 aromatic heterocycles. The van der Waals surface area contributed by atoms with Crippen LogP contribution >= 0.6 is 0 Å². The molecule has 0 N–H and O–H groups in total. The number of hydrogen-bond donors (Lipinski definition) is 0. The van der Waals surface area contributed by atoms with E-state index in [0.717, 1.165) is 19.3 Å². The van der Waals surface area contributed by atoms with Gasteiger partial charge in [0.05, 0.1) is 59.4 Å². The molecular formula is C37H50O12. The molecule has 7 atom stereocenters. The van der Waals surface area contributed by atoms with Crippen LogP contribution in [0.1, 0.15) is 69.0 Å². The average molecular weight is 687 g/mol. The van der Waals surface area contributed by atoms with Crippen molar-refractivity contribution in [1.82, 2.24) is 0 Å². The maximum Gasteiger partial charge on any atom is 0.315 e. The van der Waals surface area contributed by atoms with Crippen molar-refractivity contribution in [2.24, 2.45) is 29.6 Å². The molecule has 0 amide bonds. The molecule has 12 heteroatoms. The lowest BCUT2D eigenvalue weighted by Crippen LogP contribution is -2.41. The molecule has 3 aliphatic rings. The van der Waals surface area contributed by atoms with Crippen molar-refractivity contribution >= 4 is 11.8 Å². The van der Waals surface area contributed by atoms with Crippen LogP contribution in [-0.2, 0) is 23.7 Å². The number of fused-ring (bicyclic) bond motifs is 1. The molecular weight excluding hydrogens is 636 g/mol. The van der Waals surface area contributed by atoms with Gasteiger partial charge in [-0.15, -0.1) is 0 Å². The number of ketones is 1. The van der Waals surface area contributed by atoms with Crippen molar-refractivity contribution in [2.75, 3.05) is 55.1 Å². The van der Waals surface area contributed by atoms with Crippen molar-refractivity contribution in [3.05, 3.63) is 35.4 Å². The van der Waals surface area contributed by atoms with Crippen LogP contribution in [0.3, 0.4) is 0 Å². The van der Waals surface area contributed by atoms with E-state index in [1.807, 2.05) is 6.92 Å². The summed E-state index contributed by atoms with van der Waals surface area (Å²) in [6, 6.07) is 6.71. The van der Waals surface area contributed by atoms with Crippen LogP contribution in [0.5, 0.6) is 34.5 Å². The van der Waals surface area contributed by atoms with Crippen molar-refractivity contribution in [3.63, 3.8) is 0 Å². The Labute approximate surface area is 288 Å². The van der Waals surface area contributed by atoms with Crippen LogP contribution in [0.15, 0.2) is 24.3 Å². The minimum absolute atomic E-state index is 0.00391. The number of carbonyl (C=O) groups excluding carboxylic acids is 2. The van der Waals surface area contributed by atoms with Crippen LogP contribution < -0.4 is 28.4 Å². The lowest BCUT2D eigenvalue weighted by molar-refractivity contribution is -0.192. The second kappa shape index (κ2) is 16.3. The molecule has 2 fully saturated rings. The van der Waals surface area contributed by atoms with Gasteiger partial charge >= 0.3 is 5.97 Å². The Balaban J connectivity index is 1.63. The molecule has 270 valence electrons. The summed E-state index contributed by atoms with van der Waals surface area (Å²) in [6.07, 6.45) is 0.469. The average Bonchev–Trinajstić information content (AvgIpc) is 3.70. The number of hydrogen-bond acceptors (Lipinski definition) is 12. The fourth-order valence-corrected chi connectivity index (χ4v) is 7.31. The molecule has 2 aromatic rings. The minimum Gasteiger partial charge on any atom is -0.493 e. The topological polar surface area (TPSA) is 126 Å². The SMILES string of the molecule is CCOCCO[C@H](c1cc(OC)c(OC)c(OC)c1)[C@H]1C(=O)O[C@@H](O[C@@H]2C[C@H](C)CC[C@H]2C(C)C)[C@@H]1C(=O)c1ccc2c(c1OC)OCO2. The van der Waals surface area contributed by atoms with E-state index < -0.39 is 36.0 Å². The first-order valence-corrected chi connectivity index (χ1v) is 17.0. The Hall–Kier alpha value is -3.74. The van der Waals surface area contributed by atoms with Gasteiger partial charge in [0.15, 0.2) is 28.8 Å². The van der Waals surface area contributed by atoms with E-state index in [9.17, 15) is 9.59 Å². The number of rotatable bonds is 16. The van der Waals surface area contributed by atoms with E-state index in [2.05, 4.69) is 20.8 Å². The summed E-state index contributed by atoms with van der Waals surface area (Å²) in [7, 11) is 5.99. The lowest BCUT2D eigenvalue weighted by Gasteiger charge is -2.39. The monoisotopic (exact) mass is 686 g/mol. The fourth-order valence-electron chi connectivity index (χ4n) is 7.31. The van der Waals surface area contributed by atoms with Crippen LogP contribution in [0.2, 0.25) is 0 Å². The second-order valence-electron chi connectivity index (χ2n) is 13.0. The fraction of sp³-hybridized carbons (Fsp3) is 0.622. The molecule has 12 nitrogen and oxygen atoms in total. The van der Waals surface area contributed by atoms with Gasteiger partial charge in [0, 0.05) is 6.61 Å². The Morgan fingerprint density at radius 1 is 0.939 bits per heavy atom. The highest BCUT2D eigenvalue weighted by molar-refractivity contribution is 6.04. The summed E-state index contributed by atoms with van der Waals surface area (Å²) in [6.45, 7) is 9.32. The maximum absolute atomic E-state index is 14.9. The highest BCUT2D eigenvalue weighted by atomic mass is 16.7. The molecule has 0 spiro atoms. The number of carbonyl (C=O) groups is 2. The van der Waals surface area contributed by atoms with E-state index in [1.54, 1.807) is 24.3 Å². The van der Waals surface area contributed by atoms with E-state index in [1.165, 1.54) is 28.4 Å². The quantitative estimate of drug-likeness (QED) is 0.116. The van der Waals surface area contributed by atoms with Crippen molar-refractivity contribution in [2.45, 2.75) is 65.5 Å². The summed E-state index contributed by atoms with van der Waals surface area (Å²) in [5.41, 5.74) is 0.736. The van der Waals surface area contributed by atoms with Crippen LogP contribution in [0, 0.1) is 29.6 Å². The highest BCUT2D eigenvalue weighted by Crippen LogP contribution is 2.50. The zero-order valence-electron chi connectivity index (χ0n) is 29.8. The molecule has 1 aliphatic carbocycles. The van der Waals surface area contributed by atoms with Gasteiger partial charge in [-0.1, -0.05) is 27.2 Å². The van der Waals surface area contributed by atoms with Crippen molar-refractivity contribution in [3.8, 4) is 34.5 Å². The molecule has 2 heterocycles. The molecule has 1 saturated carbocycles. The third-order valence-electron chi connectivity index (χ3n) is 9.79. The first-order chi connectivity index (χ1) is 23.7. The zero-order valence-corrected chi connectivity index (χ0v) is 29.8. The molecule has 1 saturated heterocycles. The summed E-state index contributed by atoms with van der Waals surface area (Å²) >= 11 is 0. The predicted molar refractivity (Wildman–Crippen MR) is 178 cm³/mol. The Morgan fingerprint density at radius 2 is 1.65 bits per heavy atom. The Morgan fingerprint density at radius 3 is 2.29 bits per heavy atom. The molecule has 2 aliphatic heterocycles. The number of methoxy groups -OCH3 is 4. The molecule has 0 bridgehead atoms. The van der Waals surface area contributed by atoms with E-state index >= 15 is 0 Å². The summed E-state index contributed by atoms with van der Waals surface area (Å²) in [5.74, 6) is -0.189. The Bertz CT molecular complexity index is 1430. The maximum atomic E-state index is 14.9. The van der Waals surface area contributed by atoms with E-state index in [0.29, 0.717) is 52.8 Å². The minimum atomic E-state index is -1.18. The van der Waals surface area contributed by atoms with Gasteiger partial charge in [-0.2, -0.15) is 0 Å². The zero-order chi connectivity index (χ0) is 35.2. The first kappa shape index (κ1) is 36.5. The third-order valence-corrected chi connectivity index (χ3v) is 9.79. The smallest absolute Gasteiger partial charge is 0.315 e. The summed E-state index contributed by atoms with van der Waals surface area (Å²) < 4.78 is 58.7. The number of benzene rings is 2. The van der Waals surface area contributed by atoms with Crippen LogP contribution in [0.4, 0.5) is 0 Å². The molecule has 0 radical (unpaired) electrons. The third kappa shape index (κ3) is 7.56. The highest BCUT2D eigenvalue weighted by Gasteiger charge is 2.56. The van der Waals surface area contributed by atoms with E-state index in [-0.39, 0.29) is 43.3 Å². The molecule has 2 aromatic carbocycles. The normalized spacial score (nSPS) is 25.2. The number of cyclic esters (lactones) is 1. The standard InChI is InChI=1S/C37H50O12/c1-9-44-14-15-45-32(22-17-27(40-5)34(43-8)28(18-22)41-6)30-29(31(38)24-12-13-25-35(33(24)42-7)47-19-46-25)37(49-36(30)39)48-26-16-21(4)10-11-23(26)20(2)3/h12-13,17-18,20-21,23,26,29-30,32,37H,9-11,14-16,19H2,1-8H3/t21-,23+,26-,29+,30+,32-,37-/m1/s1. The van der Waals surface area contributed by atoms with Gasteiger partial charge in [-0.3, -0.25) is 9.59 Å². The van der Waals surface area contributed by atoms with Crippen LogP contribution in [-0.4, -0.2) is 79.2 Å². The summed E-state index contributed by atoms with van der Waals surface area (Å²) in [5, 5.41) is 0. The van der Waals surface area contributed by atoms with Crippen LogP contribution in [0.25, 0.3) is 0 Å². The van der Waals surface area contributed by atoms with Crippen molar-refractivity contribution in [1.29, 1.82) is 0 Å². The van der Waals surface area contributed by atoms with Crippen molar-refractivity contribution < 1.29 is 57.0 Å². The first-order valence-electron chi connectivity index (χ1n) is 17.0. The predicted octanol–water partition coefficient (Wildman–Crippen LogP) is 6.02. The number of esters is 1. The Kier molecular flexibility index (Phi) is 12.2. The number of ether oxygens (including phenoxy) is 10. The van der Waals surface area contributed by atoms with Gasteiger partial charge < -0.3 is 47.4 Å². The van der Waals surface area contributed by atoms with Gasteiger partial charge in [0.2, 0.25) is 24.6 Å². The van der Waals surface area contributed by atoms with Gasteiger partial charge in [-0.05, 0) is 67.3 Å². The molecule has 5 rings (SSSR count). The molecule has 0 unspecified atom stereocenters. The summed E-state index contributed by atoms with van der Waals surface area (Å²) in [4.78, 5) is 29.1. The largest absolute Gasteiger partial charge is 0.493 e. The molecule has 49 heavy (non-hydrogen) atoms. The van der Waals surface area contributed by atoms with Gasteiger partial charge in [0.25, 0.3) is 0 Å². The van der Waals surface area contributed by atoms with E-state index in [4.69, 9.17) is 47.4 Å².